The molecule has 1 aliphatic heterocycles. The van der Waals surface area contributed by atoms with E-state index in [2.05, 4.69) is 10.3 Å². The molecule has 4 nitrogen and oxygen atoms in total. The minimum Gasteiger partial charge on any atom is -0.497 e. The van der Waals surface area contributed by atoms with Gasteiger partial charge in [0.25, 0.3) is 0 Å². The first-order valence-corrected chi connectivity index (χ1v) is 7.07. The molecule has 0 amide bonds. The van der Waals surface area contributed by atoms with Gasteiger partial charge in [-0.2, -0.15) is 0 Å². The summed E-state index contributed by atoms with van der Waals surface area (Å²) in [6.45, 7) is 1.06. The third kappa shape index (κ3) is 2.80. The zero-order valence-electron chi connectivity index (χ0n) is 11.7. The molecule has 0 spiro atoms. The largest absolute Gasteiger partial charge is 0.497 e. The summed E-state index contributed by atoms with van der Waals surface area (Å²) in [7, 11) is 1.67. The second kappa shape index (κ2) is 6.01. The van der Waals surface area contributed by atoms with Gasteiger partial charge in [0.15, 0.2) is 0 Å². The van der Waals surface area contributed by atoms with Gasteiger partial charge in [0.1, 0.15) is 11.6 Å². The van der Waals surface area contributed by atoms with Crippen LogP contribution in [-0.2, 0) is 0 Å². The fourth-order valence-corrected chi connectivity index (χ4v) is 2.54. The SMILES string of the molecule is COc1ccc(-c2ccnc(C3CCCCN3)n2)cc1. The number of nitrogens with one attached hydrogen (secondary N) is 1. The highest BCUT2D eigenvalue weighted by atomic mass is 16.5. The summed E-state index contributed by atoms with van der Waals surface area (Å²) in [5.74, 6) is 1.76. The molecule has 3 rings (SSSR count). The topological polar surface area (TPSA) is 47.0 Å². The molecule has 1 aromatic heterocycles. The Hall–Kier alpha value is -1.94. The third-order valence-corrected chi connectivity index (χ3v) is 3.68. The summed E-state index contributed by atoms with van der Waals surface area (Å²) < 4.78 is 5.18. The molecular formula is C16H19N3O. The number of piperidine rings is 1. The summed E-state index contributed by atoms with van der Waals surface area (Å²) in [5, 5.41) is 3.49. The number of rotatable bonds is 3. The van der Waals surface area contributed by atoms with Gasteiger partial charge in [-0.1, -0.05) is 6.42 Å². The maximum absolute atomic E-state index is 5.18. The molecule has 0 radical (unpaired) electrons. The summed E-state index contributed by atoms with van der Waals surface area (Å²) in [6, 6.07) is 10.2. The van der Waals surface area contributed by atoms with Gasteiger partial charge >= 0.3 is 0 Å². The Morgan fingerprint density at radius 2 is 2.00 bits per heavy atom. The summed E-state index contributed by atoms with van der Waals surface area (Å²) in [5.41, 5.74) is 2.05. The molecule has 2 heterocycles. The van der Waals surface area contributed by atoms with E-state index in [0.717, 1.165) is 35.8 Å². The Labute approximate surface area is 119 Å². The molecule has 104 valence electrons. The van der Waals surface area contributed by atoms with Crippen molar-refractivity contribution in [1.29, 1.82) is 0 Å². The molecule has 4 heteroatoms. The monoisotopic (exact) mass is 269 g/mol. The Bertz CT molecular complexity index is 562. The van der Waals surface area contributed by atoms with Crippen molar-refractivity contribution >= 4 is 0 Å². The van der Waals surface area contributed by atoms with Crippen molar-refractivity contribution < 1.29 is 4.74 Å². The summed E-state index contributed by atoms with van der Waals surface area (Å²) >= 11 is 0. The third-order valence-electron chi connectivity index (χ3n) is 3.68. The van der Waals surface area contributed by atoms with E-state index in [1.807, 2.05) is 36.5 Å². The summed E-state index contributed by atoms with van der Waals surface area (Å²) in [4.78, 5) is 9.13. The van der Waals surface area contributed by atoms with Crippen LogP contribution in [0.4, 0.5) is 0 Å². The van der Waals surface area contributed by atoms with Gasteiger partial charge in [-0.3, -0.25) is 0 Å². The van der Waals surface area contributed by atoms with Crippen LogP contribution in [0, 0.1) is 0 Å². The molecule has 0 aliphatic carbocycles. The van der Waals surface area contributed by atoms with Gasteiger partial charge in [-0.25, -0.2) is 9.97 Å². The predicted octanol–water partition coefficient (Wildman–Crippen LogP) is 2.97. The zero-order chi connectivity index (χ0) is 13.8. The fraction of sp³-hybridized carbons (Fsp3) is 0.375. The lowest BCUT2D eigenvalue weighted by Gasteiger charge is -2.22. The molecular weight excluding hydrogens is 250 g/mol. The number of methoxy groups -OCH3 is 1. The van der Waals surface area contributed by atoms with Crippen LogP contribution in [0.3, 0.4) is 0 Å². The highest BCUT2D eigenvalue weighted by Crippen LogP contribution is 2.24. The molecule has 1 N–H and O–H groups in total. The second-order valence-corrected chi connectivity index (χ2v) is 5.03. The maximum Gasteiger partial charge on any atom is 0.145 e. The van der Waals surface area contributed by atoms with Crippen molar-refractivity contribution in [2.45, 2.75) is 25.3 Å². The summed E-state index contributed by atoms with van der Waals surface area (Å²) in [6.07, 6.45) is 5.45. The Kier molecular flexibility index (Phi) is 3.92. The van der Waals surface area contributed by atoms with Gasteiger partial charge in [0, 0.05) is 11.8 Å². The second-order valence-electron chi connectivity index (χ2n) is 5.03. The molecule has 2 aromatic rings. The first-order valence-electron chi connectivity index (χ1n) is 7.07. The zero-order valence-corrected chi connectivity index (χ0v) is 11.7. The van der Waals surface area contributed by atoms with E-state index in [9.17, 15) is 0 Å². The first-order chi connectivity index (χ1) is 9.86. The van der Waals surface area contributed by atoms with Crippen LogP contribution < -0.4 is 10.1 Å². The number of benzene rings is 1. The van der Waals surface area contributed by atoms with Crippen molar-refractivity contribution in [1.82, 2.24) is 15.3 Å². The van der Waals surface area contributed by atoms with Crippen LogP contribution >= 0.6 is 0 Å². The number of hydrogen-bond donors (Lipinski definition) is 1. The molecule has 1 saturated heterocycles. The van der Waals surface area contributed by atoms with Crippen molar-refractivity contribution in [2.75, 3.05) is 13.7 Å². The molecule has 0 saturated carbocycles. The van der Waals surface area contributed by atoms with Gasteiger partial charge in [0.2, 0.25) is 0 Å². The first kappa shape index (κ1) is 13.1. The highest BCUT2D eigenvalue weighted by molar-refractivity contribution is 5.59. The van der Waals surface area contributed by atoms with Crippen LogP contribution in [0.15, 0.2) is 36.5 Å². The van der Waals surface area contributed by atoms with Gasteiger partial charge in [-0.05, 0) is 49.7 Å². The Morgan fingerprint density at radius 1 is 1.15 bits per heavy atom. The minimum atomic E-state index is 0.293. The standard InChI is InChI=1S/C16H19N3O/c1-20-13-7-5-12(6-8-13)14-9-11-18-16(19-14)15-4-2-3-10-17-15/h5-9,11,15,17H,2-4,10H2,1H3. The molecule has 1 aliphatic rings. The van der Waals surface area contributed by atoms with Crippen LogP contribution in [-0.4, -0.2) is 23.6 Å². The molecule has 1 aromatic carbocycles. The number of ether oxygens (including phenoxy) is 1. The van der Waals surface area contributed by atoms with E-state index in [0.29, 0.717) is 6.04 Å². The van der Waals surface area contributed by atoms with E-state index in [-0.39, 0.29) is 0 Å². The average Bonchev–Trinajstić information content (AvgIpc) is 2.56. The predicted molar refractivity (Wildman–Crippen MR) is 78.6 cm³/mol. The lowest BCUT2D eigenvalue weighted by Crippen LogP contribution is -2.28. The van der Waals surface area contributed by atoms with Crippen molar-refractivity contribution in [2.24, 2.45) is 0 Å². The maximum atomic E-state index is 5.18. The van der Waals surface area contributed by atoms with E-state index < -0.39 is 0 Å². The Balaban J connectivity index is 1.85. The normalized spacial score (nSPS) is 18.8. The number of nitrogens with zero attached hydrogens (tertiary/aromatic N) is 2. The van der Waals surface area contributed by atoms with E-state index in [1.165, 1.54) is 12.8 Å². The highest BCUT2D eigenvalue weighted by Gasteiger charge is 2.17. The van der Waals surface area contributed by atoms with Crippen molar-refractivity contribution in [3.8, 4) is 17.0 Å². The lowest BCUT2D eigenvalue weighted by atomic mass is 10.0. The van der Waals surface area contributed by atoms with Crippen molar-refractivity contribution in [3.05, 3.63) is 42.4 Å². The van der Waals surface area contributed by atoms with Crippen LogP contribution in [0.1, 0.15) is 31.1 Å². The van der Waals surface area contributed by atoms with Gasteiger partial charge < -0.3 is 10.1 Å². The van der Waals surface area contributed by atoms with Crippen LogP contribution in [0.25, 0.3) is 11.3 Å². The van der Waals surface area contributed by atoms with Gasteiger partial charge in [-0.15, -0.1) is 0 Å². The molecule has 0 bridgehead atoms. The number of aromatic nitrogens is 2. The molecule has 1 atom stereocenters. The average molecular weight is 269 g/mol. The quantitative estimate of drug-likeness (QED) is 0.930. The van der Waals surface area contributed by atoms with Gasteiger partial charge in [0.05, 0.1) is 18.8 Å². The molecule has 20 heavy (non-hydrogen) atoms. The smallest absolute Gasteiger partial charge is 0.145 e. The molecule has 1 unspecified atom stereocenters. The van der Waals surface area contributed by atoms with E-state index in [4.69, 9.17) is 9.72 Å². The minimum absolute atomic E-state index is 0.293. The molecule has 1 fully saturated rings. The van der Waals surface area contributed by atoms with E-state index in [1.54, 1.807) is 7.11 Å². The van der Waals surface area contributed by atoms with Crippen LogP contribution in [0.5, 0.6) is 5.75 Å². The van der Waals surface area contributed by atoms with Crippen LogP contribution in [0.2, 0.25) is 0 Å². The van der Waals surface area contributed by atoms with Crippen molar-refractivity contribution in [3.63, 3.8) is 0 Å². The fourth-order valence-electron chi connectivity index (χ4n) is 2.54. The number of hydrogen-bond acceptors (Lipinski definition) is 4. The van der Waals surface area contributed by atoms with E-state index >= 15 is 0 Å². The Morgan fingerprint density at radius 3 is 2.70 bits per heavy atom. The lowest BCUT2D eigenvalue weighted by molar-refractivity contribution is 0.397.